The van der Waals surface area contributed by atoms with Crippen LogP contribution in [0.2, 0.25) is 0 Å². The minimum Gasteiger partial charge on any atom is -0.496 e. The Morgan fingerprint density at radius 2 is 2.06 bits per heavy atom. The van der Waals surface area contributed by atoms with Crippen molar-refractivity contribution in [1.29, 1.82) is 0 Å². The predicted molar refractivity (Wildman–Crippen MR) is 81.7 cm³/mol. The van der Waals surface area contributed by atoms with Gasteiger partial charge in [0.2, 0.25) is 0 Å². The van der Waals surface area contributed by atoms with Gasteiger partial charge in [0.1, 0.15) is 5.75 Å². The Morgan fingerprint density at radius 1 is 1.33 bits per heavy atom. The highest BCUT2D eigenvalue weighted by atomic mass is 32.2. The molecule has 1 rings (SSSR count). The summed E-state index contributed by atoms with van der Waals surface area (Å²) in [6.45, 7) is 7.62. The van der Waals surface area contributed by atoms with Crippen LogP contribution in [0.1, 0.15) is 37.4 Å². The molecule has 0 fully saturated rings. The highest BCUT2D eigenvalue weighted by molar-refractivity contribution is 7.99. The van der Waals surface area contributed by atoms with Crippen molar-refractivity contribution in [2.24, 2.45) is 0 Å². The summed E-state index contributed by atoms with van der Waals surface area (Å²) in [5.74, 6) is 0.971. The lowest BCUT2D eigenvalue weighted by Crippen LogP contribution is -2.22. The summed E-state index contributed by atoms with van der Waals surface area (Å²) >= 11 is 1.92. The van der Waals surface area contributed by atoms with Gasteiger partial charge in [-0.15, -0.1) is 0 Å². The molecule has 0 aliphatic carbocycles. The average molecular weight is 267 g/mol. The maximum atomic E-state index is 5.43. The van der Waals surface area contributed by atoms with Crippen molar-refractivity contribution in [3.8, 4) is 5.75 Å². The molecule has 18 heavy (non-hydrogen) atoms. The third-order valence-corrected chi connectivity index (χ3v) is 4.30. The summed E-state index contributed by atoms with van der Waals surface area (Å²) in [5.41, 5.74) is 2.52. The predicted octanol–water partition coefficient (Wildman–Crippen LogP) is 3.80. The van der Waals surface area contributed by atoms with E-state index in [1.807, 2.05) is 17.8 Å². The summed E-state index contributed by atoms with van der Waals surface area (Å²) in [5, 5.41) is 4.28. The first-order valence-electron chi connectivity index (χ1n) is 6.49. The number of hydrogen-bond donors (Lipinski definition) is 1. The van der Waals surface area contributed by atoms with Crippen LogP contribution in [-0.2, 0) is 0 Å². The van der Waals surface area contributed by atoms with E-state index in [-0.39, 0.29) is 0 Å². The smallest absolute Gasteiger partial charge is 0.123 e. The number of hydrogen-bond acceptors (Lipinski definition) is 3. The minimum atomic E-state index is 0.328. The number of benzene rings is 1. The fourth-order valence-electron chi connectivity index (χ4n) is 1.92. The second-order valence-electron chi connectivity index (χ2n) is 4.76. The minimum absolute atomic E-state index is 0.328. The Morgan fingerprint density at radius 3 is 2.67 bits per heavy atom. The summed E-state index contributed by atoms with van der Waals surface area (Å²) in [7, 11) is 1.73. The monoisotopic (exact) mass is 267 g/mol. The topological polar surface area (TPSA) is 21.3 Å². The van der Waals surface area contributed by atoms with Crippen LogP contribution in [0.5, 0.6) is 5.75 Å². The van der Waals surface area contributed by atoms with Crippen LogP contribution >= 0.6 is 11.8 Å². The Hall–Kier alpha value is -0.670. The molecule has 0 aromatic heterocycles. The van der Waals surface area contributed by atoms with Crippen LogP contribution in [0, 0.1) is 6.92 Å². The van der Waals surface area contributed by atoms with Gasteiger partial charge in [-0.05, 0) is 39.1 Å². The lowest BCUT2D eigenvalue weighted by Gasteiger charge is -2.19. The van der Waals surface area contributed by atoms with E-state index in [0.717, 1.165) is 12.3 Å². The zero-order valence-electron chi connectivity index (χ0n) is 12.1. The molecule has 2 nitrogen and oxygen atoms in total. The molecule has 1 aromatic carbocycles. The average Bonchev–Trinajstić information content (AvgIpc) is 2.38. The van der Waals surface area contributed by atoms with Gasteiger partial charge in [0.05, 0.1) is 7.11 Å². The van der Waals surface area contributed by atoms with Crippen molar-refractivity contribution in [3.05, 3.63) is 29.3 Å². The van der Waals surface area contributed by atoms with Crippen LogP contribution in [-0.4, -0.2) is 25.2 Å². The Bertz CT molecular complexity index is 368. The van der Waals surface area contributed by atoms with Crippen LogP contribution in [0.15, 0.2) is 18.2 Å². The van der Waals surface area contributed by atoms with Gasteiger partial charge in [-0.25, -0.2) is 0 Å². The quantitative estimate of drug-likeness (QED) is 0.812. The number of rotatable bonds is 7. The van der Waals surface area contributed by atoms with Gasteiger partial charge >= 0.3 is 0 Å². The van der Waals surface area contributed by atoms with E-state index >= 15 is 0 Å². The lowest BCUT2D eigenvalue weighted by atomic mass is 10.0. The number of thioether (sulfide) groups is 1. The van der Waals surface area contributed by atoms with Gasteiger partial charge in [-0.2, -0.15) is 11.8 Å². The fraction of sp³-hybridized carbons (Fsp3) is 0.600. The van der Waals surface area contributed by atoms with Crippen LogP contribution in [0.3, 0.4) is 0 Å². The van der Waals surface area contributed by atoms with Gasteiger partial charge in [0, 0.05) is 16.9 Å². The number of aryl methyl sites for hydroxylation is 1. The fourth-order valence-corrected chi connectivity index (χ4v) is 2.28. The van der Waals surface area contributed by atoms with Crippen LogP contribution in [0.4, 0.5) is 0 Å². The molecular formula is C15H25NOS. The van der Waals surface area contributed by atoms with Crippen molar-refractivity contribution >= 4 is 11.8 Å². The first-order valence-corrected chi connectivity index (χ1v) is 7.78. The second-order valence-corrected chi connectivity index (χ2v) is 6.03. The summed E-state index contributed by atoms with van der Waals surface area (Å²) in [4.78, 5) is 0. The zero-order chi connectivity index (χ0) is 13.5. The first-order chi connectivity index (χ1) is 8.58. The molecule has 0 spiro atoms. The molecule has 0 radical (unpaired) electrons. The summed E-state index contributed by atoms with van der Waals surface area (Å²) in [6.07, 6.45) is 3.36. The van der Waals surface area contributed by atoms with E-state index < -0.39 is 0 Å². The molecule has 1 aromatic rings. The molecule has 0 saturated heterocycles. The molecule has 3 heteroatoms. The standard InChI is InChI=1S/C15H25NOS/c1-11-6-7-15(17-4)14(10-11)13(3)16-9-8-12(2)18-5/h6-7,10,12-13,16H,8-9H2,1-5H3. The third-order valence-electron chi connectivity index (χ3n) is 3.26. The molecule has 0 aliphatic heterocycles. The van der Waals surface area contributed by atoms with Gasteiger partial charge in [-0.1, -0.05) is 24.6 Å². The lowest BCUT2D eigenvalue weighted by molar-refractivity contribution is 0.401. The van der Waals surface area contributed by atoms with Crippen LogP contribution < -0.4 is 10.1 Å². The Balaban J connectivity index is 2.60. The van der Waals surface area contributed by atoms with Gasteiger partial charge in [0.15, 0.2) is 0 Å². The van der Waals surface area contributed by atoms with Crippen molar-refractivity contribution < 1.29 is 4.74 Å². The first kappa shape index (κ1) is 15.4. The number of ether oxygens (including phenoxy) is 1. The molecule has 2 unspecified atom stereocenters. The molecule has 102 valence electrons. The molecule has 0 bridgehead atoms. The van der Waals surface area contributed by atoms with Crippen molar-refractivity contribution in [3.63, 3.8) is 0 Å². The molecule has 1 N–H and O–H groups in total. The van der Waals surface area contributed by atoms with Gasteiger partial charge in [-0.3, -0.25) is 0 Å². The largest absolute Gasteiger partial charge is 0.496 e. The molecule has 0 heterocycles. The Kier molecular flexibility index (Phi) is 6.58. The van der Waals surface area contributed by atoms with Crippen molar-refractivity contribution in [1.82, 2.24) is 5.32 Å². The Labute approximate surface area is 116 Å². The van der Waals surface area contributed by atoms with E-state index in [1.165, 1.54) is 17.5 Å². The molecular weight excluding hydrogens is 242 g/mol. The molecule has 2 atom stereocenters. The summed E-state index contributed by atoms with van der Waals surface area (Å²) < 4.78 is 5.43. The second kappa shape index (κ2) is 7.70. The van der Waals surface area contributed by atoms with Crippen LogP contribution in [0.25, 0.3) is 0 Å². The highest BCUT2D eigenvalue weighted by Gasteiger charge is 2.11. The summed E-state index contributed by atoms with van der Waals surface area (Å²) in [6, 6.07) is 6.67. The van der Waals surface area contributed by atoms with E-state index in [9.17, 15) is 0 Å². The normalized spacial score (nSPS) is 14.3. The van der Waals surface area contributed by atoms with E-state index in [4.69, 9.17) is 4.74 Å². The molecule has 0 aliphatic rings. The van der Waals surface area contributed by atoms with Gasteiger partial charge in [0.25, 0.3) is 0 Å². The number of nitrogens with one attached hydrogen (secondary N) is 1. The van der Waals surface area contributed by atoms with Gasteiger partial charge < -0.3 is 10.1 Å². The van der Waals surface area contributed by atoms with E-state index in [2.05, 4.69) is 44.5 Å². The maximum absolute atomic E-state index is 5.43. The SMILES string of the molecule is COc1ccc(C)cc1C(C)NCCC(C)SC. The molecule has 0 saturated carbocycles. The van der Waals surface area contributed by atoms with E-state index in [0.29, 0.717) is 11.3 Å². The zero-order valence-corrected chi connectivity index (χ0v) is 12.9. The van der Waals surface area contributed by atoms with Crippen molar-refractivity contribution in [2.75, 3.05) is 19.9 Å². The van der Waals surface area contributed by atoms with Crippen molar-refractivity contribution in [2.45, 2.75) is 38.5 Å². The maximum Gasteiger partial charge on any atom is 0.123 e. The number of methoxy groups -OCH3 is 1. The molecule has 0 amide bonds. The third kappa shape index (κ3) is 4.54. The van der Waals surface area contributed by atoms with E-state index in [1.54, 1.807) is 7.11 Å². The highest BCUT2D eigenvalue weighted by Crippen LogP contribution is 2.26.